The van der Waals surface area contributed by atoms with Crippen LogP contribution < -0.4 is 5.32 Å². The molecule has 1 aromatic carbocycles. The van der Waals surface area contributed by atoms with Gasteiger partial charge in [0.15, 0.2) is 6.61 Å². The SMILES string of the molecule is CCOC(=O)c1c(C2CC2)csc1NC(=O)COC(=O)c1c(F)cccc1F. The summed E-state index contributed by atoms with van der Waals surface area (Å²) >= 11 is 1.17. The highest BCUT2D eigenvalue weighted by molar-refractivity contribution is 7.15. The molecule has 0 saturated heterocycles. The van der Waals surface area contributed by atoms with Crippen LogP contribution in [0.5, 0.6) is 0 Å². The van der Waals surface area contributed by atoms with E-state index in [1.54, 1.807) is 12.3 Å². The molecule has 9 heteroatoms. The molecule has 1 saturated carbocycles. The van der Waals surface area contributed by atoms with Crippen LogP contribution in [0.3, 0.4) is 0 Å². The van der Waals surface area contributed by atoms with Crippen molar-refractivity contribution < 1.29 is 32.6 Å². The van der Waals surface area contributed by atoms with Gasteiger partial charge in [-0.25, -0.2) is 18.4 Å². The Morgan fingerprint density at radius 2 is 1.75 bits per heavy atom. The molecular weight excluding hydrogens is 392 g/mol. The summed E-state index contributed by atoms with van der Waals surface area (Å²) in [5, 5.41) is 4.59. The number of rotatable bonds is 7. The van der Waals surface area contributed by atoms with E-state index in [0.717, 1.165) is 36.6 Å². The molecule has 148 valence electrons. The molecule has 1 aliphatic carbocycles. The molecule has 1 heterocycles. The van der Waals surface area contributed by atoms with Crippen LogP contribution in [0.25, 0.3) is 0 Å². The number of carbonyl (C=O) groups excluding carboxylic acids is 3. The molecule has 0 spiro atoms. The summed E-state index contributed by atoms with van der Waals surface area (Å²) in [5.41, 5.74) is 0.257. The van der Waals surface area contributed by atoms with Crippen molar-refractivity contribution in [2.24, 2.45) is 0 Å². The summed E-state index contributed by atoms with van der Waals surface area (Å²) in [4.78, 5) is 36.2. The predicted molar refractivity (Wildman–Crippen MR) is 97.5 cm³/mol. The number of carbonyl (C=O) groups is 3. The lowest BCUT2D eigenvalue weighted by Gasteiger charge is -2.09. The van der Waals surface area contributed by atoms with Crippen LogP contribution in [0.4, 0.5) is 13.8 Å². The van der Waals surface area contributed by atoms with Crippen molar-refractivity contribution in [3.63, 3.8) is 0 Å². The zero-order chi connectivity index (χ0) is 20.3. The van der Waals surface area contributed by atoms with Crippen LogP contribution in [-0.2, 0) is 14.3 Å². The largest absolute Gasteiger partial charge is 0.462 e. The highest BCUT2D eigenvalue weighted by atomic mass is 32.1. The number of halogens is 2. The van der Waals surface area contributed by atoms with Crippen molar-refractivity contribution in [2.45, 2.75) is 25.7 Å². The number of benzene rings is 1. The molecule has 6 nitrogen and oxygen atoms in total. The van der Waals surface area contributed by atoms with Crippen LogP contribution in [0.15, 0.2) is 23.6 Å². The molecule has 0 unspecified atom stereocenters. The maximum atomic E-state index is 13.6. The van der Waals surface area contributed by atoms with Gasteiger partial charge < -0.3 is 14.8 Å². The molecule has 0 bridgehead atoms. The zero-order valence-electron chi connectivity index (χ0n) is 14.9. The molecule has 3 rings (SSSR count). The van der Waals surface area contributed by atoms with Gasteiger partial charge in [-0.2, -0.15) is 0 Å². The monoisotopic (exact) mass is 409 g/mol. The summed E-state index contributed by atoms with van der Waals surface area (Å²) in [6.07, 6.45) is 1.92. The molecule has 0 aliphatic heterocycles. The molecule has 0 atom stereocenters. The molecular formula is C19H17F2NO5S. The summed E-state index contributed by atoms with van der Waals surface area (Å²) in [6.45, 7) is 1.12. The fourth-order valence-corrected chi connectivity index (χ4v) is 3.68. The van der Waals surface area contributed by atoms with Crippen LogP contribution in [0.1, 0.15) is 52.0 Å². The van der Waals surface area contributed by atoms with E-state index in [1.165, 1.54) is 11.3 Å². The smallest absolute Gasteiger partial charge is 0.344 e. The topological polar surface area (TPSA) is 81.7 Å². The van der Waals surface area contributed by atoms with E-state index in [4.69, 9.17) is 9.47 Å². The van der Waals surface area contributed by atoms with Crippen LogP contribution in [0, 0.1) is 11.6 Å². The Hall–Kier alpha value is -2.81. The van der Waals surface area contributed by atoms with E-state index in [0.29, 0.717) is 10.6 Å². The van der Waals surface area contributed by atoms with Crippen LogP contribution in [-0.4, -0.2) is 31.1 Å². The number of hydrogen-bond donors (Lipinski definition) is 1. The van der Waals surface area contributed by atoms with Gasteiger partial charge in [0.25, 0.3) is 5.91 Å². The molecule has 1 aliphatic rings. The van der Waals surface area contributed by atoms with E-state index in [9.17, 15) is 23.2 Å². The number of nitrogens with one attached hydrogen (secondary N) is 1. The third kappa shape index (κ3) is 4.36. The van der Waals surface area contributed by atoms with E-state index in [2.05, 4.69) is 5.32 Å². The third-order valence-electron chi connectivity index (χ3n) is 4.07. The van der Waals surface area contributed by atoms with Gasteiger partial charge in [-0.3, -0.25) is 4.79 Å². The number of ether oxygens (including phenoxy) is 2. The van der Waals surface area contributed by atoms with Crippen molar-refractivity contribution in [2.75, 3.05) is 18.5 Å². The Balaban J connectivity index is 1.67. The Labute approximate surface area is 163 Å². The highest BCUT2D eigenvalue weighted by Crippen LogP contribution is 2.46. The Morgan fingerprint density at radius 1 is 1.11 bits per heavy atom. The van der Waals surface area contributed by atoms with Gasteiger partial charge in [0.2, 0.25) is 0 Å². The number of amides is 1. The molecule has 1 N–H and O–H groups in total. The highest BCUT2D eigenvalue weighted by Gasteiger charge is 2.32. The number of thiophene rings is 1. The minimum Gasteiger partial charge on any atom is -0.462 e. The lowest BCUT2D eigenvalue weighted by atomic mass is 10.1. The molecule has 1 fully saturated rings. The van der Waals surface area contributed by atoms with Gasteiger partial charge in [-0.05, 0) is 48.8 Å². The normalized spacial score (nSPS) is 13.1. The average molecular weight is 409 g/mol. The van der Waals surface area contributed by atoms with Crippen molar-refractivity contribution >= 4 is 34.2 Å². The lowest BCUT2D eigenvalue weighted by molar-refractivity contribution is -0.119. The zero-order valence-corrected chi connectivity index (χ0v) is 15.7. The minimum atomic E-state index is -1.29. The van der Waals surface area contributed by atoms with Gasteiger partial charge in [0, 0.05) is 0 Å². The average Bonchev–Trinajstić information content (AvgIpc) is 3.40. The first kappa shape index (κ1) is 19.9. The van der Waals surface area contributed by atoms with Crippen molar-refractivity contribution in [1.82, 2.24) is 0 Å². The van der Waals surface area contributed by atoms with Gasteiger partial charge >= 0.3 is 11.9 Å². The number of esters is 2. The molecule has 28 heavy (non-hydrogen) atoms. The molecule has 0 radical (unpaired) electrons. The van der Waals surface area contributed by atoms with Crippen molar-refractivity contribution in [3.05, 3.63) is 51.9 Å². The summed E-state index contributed by atoms with van der Waals surface area (Å²) in [7, 11) is 0. The Kier molecular flexibility index (Phi) is 6.03. The first-order valence-electron chi connectivity index (χ1n) is 8.61. The third-order valence-corrected chi connectivity index (χ3v) is 4.98. The fraction of sp³-hybridized carbons (Fsp3) is 0.316. The van der Waals surface area contributed by atoms with Crippen molar-refractivity contribution in [1.29, 1.82) is 0 Å². The quantitative estimate of drug-likeness (QED) is 0.702. The van der Waals surface area contributed by atoms with E-state index in [-0.39, 0.29) is 12.5 Å². The number of anilines is 1. The van der Waals surface area contributed by atoms with Crippen LogP contribution >= 0.6 is 11.3 Å². The minimum absolute atomic E-state index is 0.192. The maximum absolute atomic E-state index is 13.6. The maximum Gasteiger partial charge on any atom is 0.344 e. The van der Waals surface area contributed by atoms with Crippen LogP contribution in [0.2, 0.25) is 0 Å². The molecule has 1 aromatic heterocycles. The molecule has 2 aromatic rings. The van der Waals surface area contributed by atoms with Crippen molar-refractivity contribution in [3.8, 4) is 0 Å². The first-order chi connectivity index (χ1) is 13.4. The predicted octanol–water partition coefficient (Wildman–Crippen LogP) is 3.88. The Bertz CT molecular complexity index is 903. The first-order valence-corrected chi connectivity index (χ1v) is 9.49. The lowest BCUT2D eigenvalue weighted by Crippen LogP contribution is -2.22. The van der Waals surface area contributed by atoms with Gasteiger partial charge in [0.1, 0.15) is 22.2 Å². The van der Waals surface area contributed by atoms with Gasteiger partial charge in [-0.1, -0.05) is 6.07 Å². The summed E-state index contributed by atoms with van der Waals surface area (Å²) in [5.74, 6) is -4.46. The summed E-state index contributed by atoms with van der Waals surface area (Å²) in [6, 6.07) is 2.94. The number of hydrogen-bond acceptors (Lipinski definition) is 6. The van der Waals surface area contributed by atoms with E-state index in [1.807, 2.05) is 0 Å². The van der Waals surface area contributed by atoms with E-state index >= 15 is 0 Å². The second-order valence-electron chi connectivity index (χ2n) is 6.11. The standard InChI is InChI=1S/C19H17F2NO5S/c1-2-26-18(24)15-11(10-6-7-10)9-28-17(15)22-14(23)8-27-19(25)16-12(20)4-3-5-13(16)21/h3-5,9-10H,2,6-8H2,1H3,(H,22,23). The van der Waals surface area contributed by atoms with E-state index < -0.39 is 41.7 Å². The van der Waals surface area contributed by atoms with Gasteiger partial charge in [-0.15, -0.1) is 11.3 Å². The van der Waals surface area contributed by atoms with Gasteiger partial charge in [0.05, 0.1) is 12.2 Å². The second-order valence-corrected chi connectivity index (χ2v) is 6.99. The Morgan fingerprint density at radius 3 is 2.36 bits per heavy atom. The second kappa shape index (κ2) is 8.47. The molecule has 1 amide bonds. The fourth-order valence-electron chi connectivity index (χ4n) is 2.63. The summed E-state index contributed by atoms with van der Waals surface area (Å²) < 4.78 is 36.9.